The van der Waals surface area contributed by atoms with Gasteiger partial charge in [0.25, 0.3) is 11.8 Å². The van der Waals surface area contributed by atoms with Gasteiger partial charge in [-0.3, -0.25) is 9.59 Å². The first-order valence-corrected chi connectivity index (χ1v) is 10.2. The normalized spacial score (nSPS) is 16.6. The zero-order valence-electron chi connectivity index (χ0n) is 17.5. The average Bonchev–Trinajstić information content (AvgIpc) is 3.52. The van der Waals surface area contributed by atoms with Crippen molar-refractivity contribution in [2.24, 2.45) is 0 Å². The van der Waals surface area contributed by atoms with Crippen LogP contribution in [-0.2, 0) is 17.5 Å². The summed E-state index contributed by atoms with van der Waals surface area (Å²) < 4.78 is 54.9. The monoisotopic (exact) mass is 462 g/mol. The topological polar surface area (TPSA) is 76.1 Å². The second-order valence-electron chi connectivity index (χ2n) is 7.56. The summed E-state index contributed by atoms with van der Waals surface area (Å²) in [6, 6.07) is 10.6. The smallest absolute Gasteiger partial charge is 0.416 e. The lowest BCUT2D eigenvalue weighted by molar-refractivity contribution is -0.137. The number of furan rings is 2. The average molecular weight is 462 g/mol. The summed E-state index contributed by atoms with van der Waals surface area (Å²) in [6.07, 6.45) is -2.10. The predicted octanol–water partition coefficient (Wildman–Crippen LogP) is 4.08. The van der Waals surface area contributed by atoms with E-state index in [4.69, 9.17) is 13.6 Å². The second kappa shape index (κ2) is 9.53. The van der Waals surface area contributed by atoms with Crippen LogP contribution in [0, 0.1) is 0 Å². The van der Waals surface area contributed by atoms with Crippen LogP contribution in [0.5, 0.6) is 0 Å². The molecule has 1 saturated heterocycles. The highest BCUT2D eigenvalue weighted by Crippen LogP contribution is 2.29. The molecule has 1 aromatic carbocycles. The number of benzene rings is 1. The molecule has 0 N–H and O–H groups in total. The zero-order valence-corrected chi connectivity index (χ0v) is 17.5. The van der Waals surface area contributed by atoms with Crippen LogP contribution in [0.3, 0.4) is 0 Å². The number of nitrogens with zero attached hydrogens (tertiary/aromatic N) is 2. The van der Waals surface area contributed by atoms with E-state index in [1.54, 1.807) is 29.2 Å². The van der Waals surface area contributed by atoms with E-state index in [-0.39, 0.29) is 43.5 Å². The van der Waals surface area contributed by atoms with Crippen LogP contribution in [0.25, 0.3) is 0 Å². The van der Waals surface area contributed by atoms with E-state index >= 15 is 0 Å². The number of amides is 2. The Hall–Kier alpha value is -3.53. The third-order valence-corrected chi connectivity index (χ3v) is 5.26. The van der Waals surface area contributed by atoms with Gasteiger partial charge in [-0.15, -0.1) is 0 Å². The third kappa shape index (κ3) is 5.46. The van der Waals surface area contributed by atoms with Crippen molar-refractivity contribution >= 4 is 11.8 Å². The van der Waals surface area contributed by atoms with Crippen molar-refractivity contribution < 1.29 is 36.3 Å². The quantitative estimate of drug-likeness (QED) is 0.552. The van der Waals surface area contributed by atoms with Crippen LogP contribution in [0.15, 0.2) is 69.9 Å². The molecule has 3 aromatic rings. The molecule has 174 valence electrons. The van der Waals surface area contributed by atoms with Crippen molar-refractivity contribution in [3.63, 3.8) is 0 Å². The molecule has 10 heteroatoms. The number of hydrogen-bond acceptors (Lipinski definition) is 5. The standard InChI is InChI=1S/C23H21F3N2O5/c24-23(25,26)17-7-5-16(6-8-17)21(29)28(13-18-3-1-10-31-18)15-19-14-27(9-12-32-19)22(30)20-4-2-11-33-20/h1-8,10-11,19H,9,12-15H2. The molecule has 1 unspecified atom stereocenters. The van der Waals surface area contributed by atoms with Crippen LogP contribution in [-0.4, -0.2) is 54.0 Å². The summed E-state index contributed by atoms with van der Waals surface area (Å²) in [6.45, 7) is 1.09. The molecular weight excluding hydrogens is 441 g/mol. The van der Waals surface area contributed by atoms with Crippen LogP contribution in [0.2, 0.25) is 0 Å². The number of ether oxygens (including phenoxy) is 1. The Bertz CT molecular complexity index is 1060. The van der Waals surface area contributed by atoms with Crippen molar-refractivity contribution in [1.82, 2.24) is 9.80 Å². The number of morpholine rings is 1. The lowest BCUT2D eigenvalue weighted by Gasteiger charge is -2.35. The molecule has 2 amide bonds. The van der Waals surface area contributed by atoms with Gasteiger partial charge >= 0.3 is 6.18 Å². The van der Waals surface area contributed by atoms with Gasteiger partial charge in [-0.25, -0.2) is 0 Å². The Morgan fingerprint density at radius 2 is 1.76 bits per heavy atom. The lowest BCUT2D eigenvalue weighted by atomic mass is 10.1. The molecule has 0 saturated carbocycles. The molecule has 4 rings (SSSR count). The van der Waals surface area contributed by atoms with Gasteiger partial charge < -0.3 is 23.4 Å². The van der Waals surface area contributed by atoms with Crippen LogP contribution >= 0.6 is 0 Å². The maximum Gasteiger partial charge on any atom is 0.416 e. The Morgan fingerprint density at radius 1 is 1.03 bits per heavy atom. The molecule has 1 aliphatic rings. The highest BCUT2D eigenvalue weighted by atomic mass is 19.4. The van der Waals surface area contributed by atoms with Crippen LogP contribution in [0.1, 0.15) is 32.2 Å². The van der Waals surface area contributed by atoms with Gasteiger partial charge in [0, 0.05) is 25.2 Å². The van der Waals surface area contributed by atoms with E-state index < -0.39 is 23.8 Å². The van der Waals surface area contributed by atoms with Crippen molar-refractivity contribution in [3.05, 3.63) is 83.7 Å². The van der Waals surface area contributed by atoms with Gasteiger partial charge in [0.05, 0.1) is 37.3 Å². The van der Waals surface area contributed by atoms with Gasteiger partial charge in [-0.05, 0) is 48.5 Å². The molecule has 0 aliphatic carbocycles. The van der Waals surface area contributed by atoms with Crippen LogP contribution < -0.4 is 0 Å². The van der Waals surface area contributed by atoms with Crippen molar-refractivity contribution in [2.45, 2.75) is 18.8 Å². The summed E-state index contributed by atoms with van der Waals surface area (Å²) in [5.74, 6) is -0.0309. The molecule has 1 aliphatic heterocycles. The number of hydrogen-bond donors (Lipinski definition) is 0. The van der Waals surface area contributed by atoms with E-state index in [1.165, 1.54) is 17.4 Å². The molecule has 1 atom stereocenters. The minimum atomic E-state index is -4.49. The third-order valence-electron chi connectivity index (χ3n) is 5.26. The fraction of sp³-hybridized carbons (Fsp3) is 0.304. The van der Waals surface area contributed by atoms with Crippen molar-refractivity contribution in [1.29, 1.82) is 0 Å². The summed E-state index contributed by atoms with van der Waals surface area (Å²) >= 11 is 0. The highest BCUT2D eigenvalue weighted by molar-refractivity contribution is 5.94. The molecule has 0 bridgehead atoms. The first kappa shape index (κ1) is 22.7. The number of halogens is 3. The Kier molecular flexibility index (Phi) is 6.55. The van der Waals surface area contributed by atoms with E-state index in [0.29, 0.717) is 12.3 Å². The molecule has 1 fully saturated rings. The first-order valence-electron chi connectivity index (χ1n) is 10.2. The summed E-state index contributed by atoms with van der Waals surface area (Å²) in [7, 11) is 0. The highest BCUT2D eigenvalue weighted by Gasteiger charge is 2.32. The van der Waals surface area contributed by atoms with E-state index in [0.717, 1.165) is 24.3 Å². The minimum Gasteiger partial charge on any atom is -0.467 e. The Labute approximate surface area is 187 Å². The fourth-order valence-corrected chi connectivity index (χ4v) is 3.61. The molecule has 0 radical (unpaired) electrons. The van der Waals surface area contributed by atoms with E-state index in [1.807, 2.05) is 0 Å². The van der Waals surface area contributed by atoms with Crippen molar-refractivity contribution in [2.75, 3.05) is 26.2 Å². The molecule has 3 heterocycles. The van der Waals surface area contributed by atoms with Crippen molar-refractivity contribution in [3.8, 4) is 0 Å². The minimum absolute atomic E-state index is 0.0961. The van der Waals surface area contributed by atoms with E-state index in [9.17, 15) is 22.8 Å². The summed E-state index contributed by atoms with van der Waals surface area (Å²) in [4.78, 5) is 28.8. The van der Waals surface area contributed by atoms with E-state index in [2.05, 4.69) is 0 Å². The molecular formula is C23H21F3N2O5. The molecule has 33 heavy (non-hydrogen) atoms. The predicted molar refractivity (Wildman–Crippen MR) is 109 cm³/mol. The lowest BCUT2D eigenvalue weighted by Crippen LogP contribution is -2.50. The second-order valence-corrected chi connectivity index (χ2v) is 7.56. The molecule has 7 nitrogen and oxygen atoms in total. The van der Waals surface area contributed by atoms with Gasteiger partial charge in [0.2, 0.25) is 0 Å². The maximum absolute atomic E-state index is 13.2. The maximum atomic E-state index is 13.2. The Balaban J connectivity index is 1.49. The number of carbonyl (C=O) groups is 2. The fourth-order valence-electron chi connectivity index (χ4n) is 3.61. The molecule has 2 aromatic heterocycles. The van der Waals surface area contributed by atoms with Gasteiger partial charge in [-0.1, -0.05) is 0 Å². The van der Waals surface area contributed by atoms with Crippen LogP contribution in [0.4, 0.5) is 13.2 Å². The van der Waals surface area contributed by atoms with Gasteiger partial charge in [0.1, 0.15) is 5.76 Å². The number of rotatable bonds is 6. The Morgan fingerprint density at radius 3 is 2.39 bits per heavy atom. The summed E-state index contributed by atoms with van der Waals surface area (Å²) in [5, 5.41) is 0. The zero-order chi connectivity index (χ0) is 23.4. The number of alkyl halides is 3. The molecule has 0 spiro atoms. The largest absolute Gasteiger partial charge is 0.467 e. The number of carbonyl (C=O) groups excluding carboxylic acids is 2. The first-order chi connectivity index (χ1) is 15.8. The van der Waals surface area contributed by atoms with Gasteiger partial charge in [-0.2, -0.15) is 13.2 Å². The van der Waals surface area contributed by atoms with Gasteiger partial charge in [0.15, 0.2) is 5.76 Å². The SMILES string of the molecule is O=C(c1ccc(C(F)(F)F)cc1)N(Cc1ccco1)CC1CN(C(=O)c2ccco2)CCO1. The summed E-state index contributed by atoms with van der Waals surface area (Å²) in [5.41, 5.74) is -0.729.